The molecule has 0 aliphatic carbocycles. The number of nitrogens with one attached hydrogen (secondary N) is 2. The first-order chi connectivity index (χ1) is 29.3. The highest BCUT2D eigenvalue weighted by Gasteiger charge is 2.38. The third-order valence-electron chi connectivity index (χ3n) is 10.7. The van der Waals surface area contributed by atoms with Crippen LogP contribution in [-0.4, -0.2) is 113 Å². The second kappa shape index (κ2) is 22.4. The molecule has 348 valence electrons. The van der Waals surface area contributed by atoms with Gasteiger partial charge in [0, 0.05) is 62.4 Å². The molecule has 63 heavy (non-hydrogen) atoms. The number of amides is 4. The molecular weight excluding hydrogens is 818 g/mol. The summed E-state index contributed by atoms with van der Waals surface area (Å²) >= 11 is 6.36. The van der Waals surface area contributed by atoms with Crippen LogP contribution in [0.15, 0.2) is 60.7 Å². The van der Waals surface area contributed by atoms with Crippen molar-refractivity contribution in [3.05, 3.63) is 82.4 Å². The number of carbonyl (C=O) groups excluding carboxylic acids is 4. The lowest BCUT2D eigenvalue weighted by Gasteiger charge is -2.48. The van der Waals surface area contributed by atoms with Crippen molar-refractivity contribution in [2.45, 2.75) is 150 Å². The number of ether oxygens (including phenoxy) is 3. The highest BCUT2D eigenvalue weighted by atomic mass is 35.5. The smallest absolute Gasteiger partial charge is 0.410 e. The Kier molecular flexibility index (Phi) is 18.1. The molecule has 4 amide bonds. The monoisotopic (exact) mass is 892 g/mol. The lowest BCUT2D eigenvalue weighted by atomic mass is 9.93. The molecule has 1 aliphatic rings. The minimum absolute atomic E-state index is 0.0640. The number of aryl methyl sites for hydroxylation is 1. The summed E-state index contributed by atoms with van der Waals surface area (Å²) in [6.07, 6.45) is 1.34. The topological polar surface area (TPSA) is 130 Å². The lowest BCUT2D eigenvalue weighted by Crippen LogP contribution is -2.62. The summed E-state index contributed by atoms with van der Waals surface area (Å²) < 4.78 is 17.0. The van der Waals surface area contributed by atoms with E-state index in [1.54, 1.807) is 25.7 Å². The maximum atomic E-state index is 14.5. The molecule has 0 spiro atoms. The normalized spacial score (nSPS) is 16.7. The first-order valence-electron chi connectivity index (χ1n) is 22.5. The molecule has 2 N–H and O–H groups in total. The van der Waals surface area contributed by atoms with E-state index in [9.17, 15) is 19.2 Å². The zero-order valence-corrected chi connectivity index (χ0v) is 40.7. The van der Waals surface area contributed by atoms with Gasteiger partial charge in [0.25, 0.3) is 0 Å². The van der Waals surface area contributed by atoms with Crippen molar-refractivity contribution in [2.24, 2.45) is 5.92 Å². The number of carbonyl (C=O) groups is 4. The molecule has 13 heteroatoms. The van der Waals surface area contributed by atoms with Crippen LogP contribution >= 0.6 is 11.6 Å². The van der Waals surface area contributed by atoms with E-state index in [4.69, 9.17) is 25.8 Å². The molecule has 3 aromatic rings. The molecule has 3 aromatic carbocycles. The number of fused-ring (bicyclic) bond motifs is 1. The van der Waals surface area contributed by atoms with E-state index in [-0.39, 0.29) is 43.5 Å². The Balaban J connectivity index is 1.65. The quantitative estimate of drug-likeness (QED) is 0.136. The fraction of sp³-hybridized carbons (Fsp3) is 0.600. The lowest BCUT2D eigenvalue weighted by molar-refractivity contribution is -0.138. The van der Waals surface area contributed by atoms with Gasteiger partial charge in [-0.15, -0.1) is 0 Å². The van der Waals surface area contributed by atoms with Crippen molar-refractivity contribution in [3.8, 4) is 0 Å². The maximum absolute atomic E-state index is 14.5. The van der Waals surface area contributed by atoms with Gasteiger partial charge in [0.05, 0.1) is 6.42 Å². The van der Waals surface area contributed by atoms with Gasteiger partial charge in [-0.1, -0.05) is 74.0 Å². The molecule has 0 saturated carbocycles. The number of piperazine rings is 1. The van der Waals surface area contributed by atoms with E-state index in [2.05, 4.69) is 58.5 Å². The Labute approximate surface area is 381 Å². The number of hydrogen-bond acceptors (Lipinski definition) is 8. The van der Waals surface area contributed by atoms with Gasteiger partial charge in [0.2, 0.25) is 5.91 Å². The van der Waals surface area contributed by atoms with Crippen molar-refractivity contribution in [3.63, 3.8) is 0 Å². The fourth-order valence-corrected chi connectivity index (χ4v) is 8.23. The van der Waals surface area contributed by atoms with Crippen LogP contribution in [0.1, 0.15) is 112 Å². The summed E-state index contributed by atoms with van der Waals surface area (Å²) in [4.78, 5) is 60.1. The van der Waals surface area contributed by atoms with Crippen LogP contribution in [0, 0.1) is 12.8 Å². The minimum Gasteiger partial charge on any atom is -0.444 e. The Morgan fingerprint density at radius 2 is 1.44 bits per heavy atom. The summed E-state index contributed by atoms with van der Waals surface area (Å²) in [7, 11) is 0. The second-order valence-electron chi connectivity index (χ2n) is 20.5. The molecule has 12 nitrogen and oxygen atoms in total. The van der Waals surface area contributed by atoms with Crippen LogP contribution in [-0.2, 0) is 31.8 Å². The van der Waals surface area contributed by atoms with Gasteiger partial charge in [0.1, 0.15) is 16.8 Å². The Hall–Kier alpha value is -4.55. The van der Waals surface area contributed by atoms with E-state index >= 15 is 0 Å². The zero-order valence-electron chi connectivity index (χ0n) is 39.9. The van der Waals surface area contributed by atoms with Crippen LogP contribution in [0.2, 0.25) is 5.02 Å². The summed E-state index contributed by atoms with van der Waals surface area (Å²) in [6.45, 7) is 25.1. The number of hydrogen-bond donors (Lipinski definition) is 2. The van der Waals surface area contributed by atoms with E-state index in [0.29, 0.717) is 56.4 Å². The van der Waals surface area contributed by atoms with Crippen LogP contribution in [0.25, 0.3) is 10.8 Å². The number of rotatable bonds is 16. The average molecular weight is 893 g/mol. The Morgan fingerprint density at radius 1 is 0.794 bits per heavy atom. The molecule has 1 fully saturated rings. The molecule has 1 saturated heterocycles. The summed E-state index contributed by atoms with van der Waals surface area (Å²) in [6, 6.07) is 19.7. The van der Waals surface area contributed by atoms with Crippen molar-refractivity contribution >= 4 is 46.6 Å². The minimum atomic E-state index is -0.718. The first kappa shape index (κ1) is 51.1. The first-order valence-corrected chi connectivity index (χ1v) is 22.9. The van der Waals surface area contributed by atoms with Gasteiger partial charge >= 0.3 is 18.3 Å². The predicted molar refractivity (Wildman–Crippen MR) is 252 cm³/mol. The Bertz CT molecular complexity index is 2000. The van der Waals surface area contributed by atoms with Crippen molar-refractivity contribution in [1.82, 2.24) is 25.3 Å². The molecular formula is C50H74ClN5O7. The van der Waals surface area contributed by atoms with Gasteiger partial charge in [-0.2, -0.15) is 0 Å². The van der Waals surface area contributed by atoms with Crippen molar-refractivity contribution < 1.29 is 33.4 Å². The third kappa shape index (κ3) is 17.9. The molecule has 1 heterocycles. The van der Waals surface area contributed by atoms with E-state index in [1.807, 2.05) is 84.9 Å². The van der Waals surface area contributed by atoms with Crippen LogP contribution in [0.5, 0.6) is 0 Å². The van der Waals surface area contributed by atoms with Crippen LogP contribution < -0.4 is 10.6 Å². The largest absolute Gasteiger partial charge is 0.444 e. The van der Waals surface area contributed by atoms with Crippen LogP contribution in [0.4, 0.5) is 14.4 Å². The molecule has 3 atom stereocenters. The van der Waals surface area contributed by atoms with E-state index in [0.717, 1.165) is 33.9 Å². The van der Waals surface area contributed by atoms with Crippen molar-refractivity contribution in [2.75, 3.05) is 39.3 Å². The molecule has 4 rings (SSSR count). The van der Waals surface area contributed by atoms with Gasteiger partial charge < -0.3 is 34.6 Å². The molecule has 1 unspecified atom stereocenters. The number of alkyl carbamates (subject to hydrolysis) is 2. The molecule has 0 aromatic heterocycles. The highest BCUT2D eigenvalue weighted by Crippen LogP contribution is 2.27. The Morgan fingerprint density at radius 3 is 2.08 bits per heavy atom. The second-order valence-corrected chi connectivity index (χ2v) is 20.9. The summed E-state index contributed by atoms with van der Waals surface area (Å²) in [5, 5.41) is 8.83. The zero-order chi connectivity index (χ0) is 46.7. The number of halogens is 1. The van der Waals surface area contributed by atoms with Crippen molar-refractivity contribution in [1.29, 1.82) is 0 Å². The SMILES string of the molecule is Cc1cc(Cl)ccc1C[C@H](CN1C[C@@H](CC(C)C)N(C(=O)Cc2ccc3ccccc3c2)CC1CCCN(CCNC(=O)OC(C)(C)C)C(=O)OC(C)(C)C)NC(=O)OC(C)(C)C. The summed E-state index contributed by atoms with van der Waals surface area (Å²) in [5.41, 5.74) is 0.996. The van der Waals surface area contributed by atoms with Gasteiger partial charge in [-0.3, -0.25) is 9.69 Å². The van der Waals surface area contributed by atoms with E-state index < -0.39 is 35.1 Å². The fourth-order valence-electron chi connectivity index (χ4n) is 8.00. The predicted octanol–water partition coefficient (Wildman–Crippen LogP) is 9.95. The number of nitrogens with zero attached hydrogens (tertiary/aromatic N) is 3. The average Bonchev–Trinajstić information content (AvgIpc) is 3.13. The molecule has 0 bridgehead atoms. The van der Waals surface area contributed by atoms with Gasteiger partial charge in [0.15, 0.2) is 0 Å². The summed E-state index contributed by atoms with van der Waals surface area (Å²) in [5.74, 6) is 0.401. The molecule has 0 radical (unpaired) electrons. The number of benzene rings is 3. The standard InChI is InChI=1S/C50H74ClN5O7/c1-34(2)26-43-32-55(31-41(53-46(59)62-49(7,8)9)30-38-21-22-40(51)27-35(38)3)42(33-56(43)44(57)29-36-19-20-37-16-13-14-17-39(37)28-36)18-15-24-54(47(60)63-50(10,11)12)25-23-52-45(58)61-48(4,5)6/h13-14,16-17,19-22,27-28,34,41-43H,15,18,23-26,29-33H2,1-12H3,(H,52,58)(H,53,59)/t41-,42?,43-/m1/s1. The van der Waals surface area contributed by atoms with Gasteiger partial charge in [-0.25, -0.2) is 14.4 Å². The van der Waals surface area contributed by atoms with Gasteiger partial charge in [-0.05, 0) is 140 Å². The molecule has 1 aliphatic heterocycles. The highest BCUT2D eigenvalue weighted by molar-refractivity contribution is 6.30. The maximum Gasteiger partial charge on any atom is 0.410 e. The third-order valence-corrected chi connectivity index (χ3v) is 10.9. The van der Waals surface area contributed by atoms with E-state index in [1.165, 1.54) is 0 Å². The van der Waals surface area contributed by atoms with Crippen LogP contribution in [0.3, 0.4) is 0 Å².